The molecule has 436 valence electrons. The molecule has 3 N–H and O–H groups in total. The molecule has 0 aromatic carbocycles. The number of amides is 1. The predicted octanol–water partition coefficient (Wildman–Crippen LogP) is 21.1. The monoisotopic (exact) mass is 1040 g/mol. The first-order chi connectivity index (χ1) is 36.5. The molecule has 1 amide bonds. The summed E-state index contributed by atoms with van der Waals surface area (Å²) < 4.78 is 5.47. The first kappa shape index (κ1) is 72.1. The summed E-state index contributed by atoms with van der Waals surface area (Å²) >= 11 is 0. The van der Waals surface area contributed by atoms with Gasteiger partial charge in [-0.15, -0.1) is 0 Å². The van der Waals surface area contributed by atoms with E-state index in [4.69, 9.17) is 4.74 Å². The largest absolute Gasteiger partial charge is 0.466 e. The molecule has 0 radical (unpaired) electrons. The number of unbranched alkanes of at least 4 members (excludes halogenated alkanes) is 47. The topological polar surface area (TPSA) is 95.9 Å². The zero-order valence-corrected chi connectivity index (χ0v) is 49.8. The van der Waals surface area contributed by atoms with Crippen LogP contribution in [0.2, 0.25) is 0 Å². The van der Waals surface area contributed by atoms with Gasteiger partial charge in [-0.2, -0.15) is 0 Å². The number of rotatable bonds is 62. The number of carbonyl (C=O) groups excluding carboxylic acids is 2. The Morgan fingerprint density at radius 3 is 0.986 bits per heavy atom. The van der Waals surface area contributed by atoms with Crippen molar-refractivity contribution in [2.45, 2.75) is 373 Å². The van der Waals surface area contributed by atoms with E-state index in [1.54, 1.807) is 6.08 Å². The van der Waals surface area contributed by atoms with Crippen molar-refractivity contribution in [2.75, 3.05) is 13.2 Å². The lowest BCUT2D eigenvalue weighted by Crippen LogP contribution is -2.45. The molecule has 0 aliphatic heterocycles. The van der Waals surface area contributed by atoms with Crippen molar-refractivity contribution in [3.63, 3.8) is 0 Å². The van der Waals surface area contributed by atoms with E-state index in [9.17, 15) is 19.8 Å². The Kier molecular flexibility index (Phi) is 62.0. The Hall–Kier alpha value is -1.92. The third kappa shape index (κ3) is 59.3. The first-order valence-electron chi connectivity index (χ1n) is 33.3. The molecule has 0 fully saturated rings. The number of hydrogen-bond donors (Lipinski definition) is 3. The van der Waals surface area contributed by atoms with Crippen LogP contribution in [0.5, 0.6) is 0 Å². The SMILES string of the molecule is CCCCC/C=C\CCCCCCCC(=O)OCCCCCCCCCCCCCC/C=C\CCCCCCCCCCCCCCC(=O)NC(CO)C(O)/C=C/CCCCCCCCCCCCCCCCC. The molecular formula is C68H129NO5. The number of aliphatic hydroxyl groups is 2. The van der Waals surface area contributed by atoms with Crippen molar-refractivity contribution in [1.82, 2.24) is 5.32 Å². The number of nitrogens with one attached hydrogen (secondary N) is 1. The van der Waals surface area contributed by atoms with Gasteiger partial charge in [0.2, 0.25) is 5.91 Å². The molecule has 6 heteroatoms. The second-order valence-corrected chi connectivity index (χ2v) is 22.8. The minimum absolute atomic E-state index is 0.00545. The van der Waals surface area contributed by atoms with Crippen LogP contribution in [-0.4, -0.2) is 47.4 Å². The summed E-state index contributed by atoms with van der Waals surface area (Å²) in [4.78, 5) is 24.5. The lowest BCUT2D eigenvalue weighted by atomic mass is 10.0. The second kappa shape index (κ2) is 63.6. The van der Waals surface area contributed by atoms with Crippen molar-refractivity contribution in [1.29, 1.82) is 0 Å². The third-order valence-corrected chi connectivity index (χ3v) is 15.4. The van der Waals surface area contributed by atoms with E-state index in [0.29, 0.717) is 19.4 Å². The van der Waals surface area contributed by atoms with Crippen molar-refractivity contribution < 1.29 is 24.5 Å². The average Bonchev–Trinajstić information content (AvgIpc) is 3.40. The smallest absolute Gasteiger partial charge is 0.305 e. The quantitative estimate of drug-likeness (QED) is 0.0320. The van der Waals surface area contributed by atoms with Gasteiger partial charge in [0, 0.05) is 12.8 Å². The minimum Gasteiger partial charge on any atom is -0.466 e. The molecule has 0 spiro atoms. The van der Waals surface area contributed by atoms with Crippen molar-refractivity contribution in [3.8, 4) is 0 Å². The van der Waals surface area contributed by atoms with Crippen LogP contribution >= 0.6 is 0 Å². The maximum absolute atomic E-state index is 12.5. The molecule has 0 aliphatic rings. The number of aliphatic hydroxyl groups excluding tert-OH is 2. The van der Waals surface area contributed by atoms with Gasteiger partial charge in [-0.25, -0.2) is 0 Å². The Morgan fingerprint density at radius 2 is 0.635 bits per heavy atom. The Bertz CT molecular complexity index is 1200. The van der Waals surface area contributed by atoms with E-state index in [-0.39, 0.29) is 18.5 Å². The molecular weight excluding hydrogens is 911 g/mol. The molecule has 0 rings (SSSR count). The molecule has 74 heavy (non-hydrogen) atoms. The number of allylic oxidation sites excluding steroid dienone is 5. The van der Waals surface area contributed by atoms with Gasteiger partial charge < -0.3 is 20.3 Å². The highest BCUT2D eigenvalue weighted by Gasteiger charge is 2.18. The van der Waals surface area contributed by atoms with Gasteiger partial charge in [0.25, 0.3) is 0 Å². The van der Waals surface area contributed by atoms with Crippen LogP contribution in [-0.2, 0) is 14.3 Å². The Balaban J connectivity index is 3.41. The fraction of sp³-hybridized carbons (Fsp3) is 0.882. The molecule has 6 nitrogen and oxygen atoms in total. The van der Waals surface area contributed by atoms with Gasteiger partial charge in [0.05, 0.1) is 25.4 Å². The highest BCUT2D eigenvalue weighted by Crippen LogP contribution is 2.18. The molecule has 0 aliphatic carbocycles. The molecule has 0 heterocycles. The molecule has 2 unspecified atom stereocenters. The van der Waals surface area contributed by atoms with E-state index in [0.717, 1.165) is 44.9 Å². The molecule has 2 atom stereocenters. The van der Waals surface area contributed by atoms with Crippen molar-refractivity contribution in [3.05, 3.63) is 36.5 Å². The normalized spacial score (nSPS) is 12.8. The van der Waals surface area contributed by atoms with Gasteiger partial charge >= 0.3 is 5.97 Å². The zero-order chi connectivity index (χ0) is 53.6. The van der Waals surface area contributed by atoms with Gasteiger partial charge in [0.1, 0.15) is 0 Å². The lowest BCUT2D eigenvalue weighted by Gasteiger charge is -2.20. The van der Waals surface area contributed by atoms with E-state index < -0.39 is 12.1 Å². The summed E-state index contributed by atoms with van der Waals surface area (Å²) in [6, 6.07) is -0.628. The predicted molar refractivity (Wildman–Crippen MR) is 324 cm³/mol. The summed E-state index contributed by atoms with van der Waals surface area (Å²) in [5.74, 6) is -0.0602. The molecule has 0 saturated heterocycles. The maximum Gasteiger partial charge on any atom is 0.305 e. The van der Waals surface area contributed by atoms with E-state index in [1.807, 2.05) is 6.08 Å². The zero-order valence-electron chi connectivity index (χ0n) is 49.8. The molecule has 0 aromatic heterocycles. The molecule has 0 saturated carbocycles. The summed E-state index contributed by atoms with van der Waals surface area (Å²) in [6.45, 7) is 4.90. The van der Waals surface area contributed by atoms with Crippen LogP contribution in [0.3, 0.4) is 0 Å². The van der Waals surface area contributed by atoms with Crippen LogP contribution in [0.15, 0.2) is 36.5 Å². The van der Waals surface area contributed by atoms with Crippen LogP contribution in [0.25, 0.3) is 0 Å². The number of carbonyl (C=O) groups is 2. The highest BCUT2D eigenvalue weighted by molar-refractivity contribution is 5.76. The summed E-state index contributed by atoms with van der Waals surface area (Å²) in [5, 5.41) is 23.2. The van der Waals surface area contributed by atoms with Crippen LogP contribution in [0.1, 0.15) is 361 Å². The van der Waals surface area contributed by atoms with Gasteiger partial charge in [-0.1, -0.05) is 301 Å². The van der Waals surface area contributed by atoms with E-state index in [2.05, 4.69) is 43.5 Å². The minimum atomic E-state index is -0.845. The average molecular weight is 1040 g/mol. The second-order valence-electron chi connectivity index (χ2n) is 22.8. The number of hydrogen-bond acceptors (Lipinski definition) is 5. The summed E-state index contributed by atoms with van der Waals surface area (Å²) in [5.41, 5.74) is 0. The van der Waals surface area contributed by atoms with Crippen LogP contribution in [0, 0.1) is 0 Å². The van der Waals surface area contributed by atoms with Crippen molar-refractivity contribution >= 4 is 11.9 Å². The number of ether oxygens (including phenoxy) is 1. The maximum atomic E-state index is 12.5. The van der Waals surface area contributed by atoms with Crippen LogP contribution < -0.4 is 5.32 Å². The highest BCUT2D eigenvalue weighted by atomic mass is 16.5. The first-order valence-corrected chi connectivity index (χ1v) is 33.3. The molecule has 0 bridgehead atoms. The van der Waals surface area contributed by atoms with E-state index >= 15 is 0 Å². The van der Waals surface area contributed by atoms with Gasteiger partial charge in [-0.05, 0) is 83.5 Å². The standard InChI is InChI=1S/C68H129NO5/c1-3-5-7-9-11-13-15-17-18-31-34-37-40-44-48-52-56-60-66(71)65(64-70)69-67(72)61-57-53-49-45-41-38-35-32-29-27-25-23-21-19-20-22-24-26-28-30-33-36-39-43-47-51-55-59-63-74-68(73)62-58-54-50-46-42-16-14-12-10-8-6-4-2/h12,14,19-20,56,60,65-66,70-71H,3-11,13,15-18,21-55,57-59,61-64H2,1-2H3,(H,69,72)/b14-12-,20-19-,60-56+. The van der Waals surface area contributed by atoms with Crippen LogP contribution in [0.4, 0.5) is 0 Å². The molecule has 0 aromatic rings. The Morgan fingerprint density at radius 1 is 0.365 bits per heavy atom. The van der Waals surface area contributed by atoms with Gasteiger partial charge in [0.15, 0.2) is 0 Å². The summed E-state index contributed by atoms with van der Waals surface area (Å²) in [6.07, 6.45) is 80.6. The third-order valence-electron chi connectivity index (χ3n) is 15.4. The van der Waals surface area contributed by atoms with Crippen molar-refractivity contribution in [2.24, 2.45) is 0 Å². The van der Waals surface area contributed by atoms with E-state index in [1.165, 1.54) is 289 Å². The summed E-state index contributed by atoms with van der Waals surface area (Å²) in [7, 11) is 0. The Labute approximate surface area is 462 Å². The fourth-order valence-corrected chi connectivity index (χ4v) is 10.3. The van der Waals surface area contributed by atoms with Gasteiger partial charge in [-0.3, -0.25) is 9.59 Å². The number of esters is 1. The fourth-order valence-electron chi connectivity index (χ4n) is 10.3. The lowest BCUT2D eigenvalue weighted by molar-refractivity contribution is -0.143.